The van der Waals surface area contributed by atoms with Crippen LogP contribution in [-0.4, -0.2) is 39.9 Å². The van der Waals surface area contributed by atoms with Crippen LogP contribution in [0, 0.1) is 13.8 Å². The van der Waals surface area contributed by atoms with Crippen molar-refractivity contribution < 1.29 is 0 Å². The first-order valence-electron chi connectivity index (χ1n) is 7.63. The predicted molar refractivity (Wildman–Crippen MR) is 77.1 cm³/mol. The zero-order valence-corrected chi connectivity index (χ0v) is 12.4. The summed E-state index contributed by atoms with van der Waals surface area (Å²) in [4.78, 5) is 2.68. The molecule has 1 aromatic heterocycles. The fourth-order valence-corrected chi connectivity index (χ4v) is 3.79. The smallest absolute Gasteiger partial charge is 0.0641 e. The number of aryl methyl sites for hydroxylation is 2. The molecule has 1 N–H and O–H groups in total. The van der Waals surface area contributed by atoms with Crippen molar-refractivity contribution in [2.24, 2.45) is 7.05 Å². The molecule has 0 aliphatic carbocycles. The Labute approximate surface area is 116 Å². The largest absolute Gasteiger partial charge is 0.312 e. The molecule has 1 aromatic rings. The van der Waals surface area contributed by atoms with Crippen LogP contribution in [0.25, 0.3) is 0 Å². The van der Waals surface area contributed by atoms with Gasteiger partial charge in [0.1, 0.15) is 0 Å². The van der Waals surface area contributed by atoms with Crippen molar-refractivity contribution in [3.63, 3.8) is 0 Å². The average Bonchev–Trinajstić information content (AvgIpc) is 3.08. The van der Waals surface area contributed by atoms with E-state index < -0.39 is 0 Å². The van der Waals surface area contributed by atoms with Crippen molar-refractivity contribution in [2.75, 3.05) is 13.1 Å². The number of aromatic nitrogens is 2. The Morgan fingerprint density at radius 1 is 1.26 bits per heavy atom. The quantitative estimate of drug-likeness (QED) is 0.901. The molecule has 4 nitrogen and oxygen atoms in total. The van der Waals surface area contributed by atoms with Gasteiger partial charge < -0.3 is 5.32 Å². The Hall–Kier alpha value is -0.870. The average molecular weight is 262 g/mol. The molecular weight excluding hydrogens is 236 g/mol. The van der Waals surface area contributed by atoms with Crippen molar-refractivity contribution in [3.8, 4) is 0 Å². The van der Waals surface area contributed by atoms with E-state index in [0.717, 1.165) is 18.6 Å². The highest BCUT2D eigenvalue weighted by Gasteiger charge is 2.33. The first kappa shape index (κ1) is 13.1. The molecule has 3 rings (SSSR count). The summed E-state index contributed by atoms with van der Waals surface area (Å²) in [6.07, 6.45) is 5.41. The molecule has 2 aliphatic rings. The highest BCUT2D eigenvalue weighted by Crippen LogP contribution is 2.27. The summed E-state index contributed by atoms with van der Waals surface area (Å²) in [5, 5.41) is 8.24. The van der Waals surface area contributed by atoms with E-state index in [1.54, 1.807) is 0 Å². The summed E-state index contributed by atoms with van der Waals surface area (Å²) in [6.45, 7) is 7.86. The highest BCUT2D eigenvalue weighted by atomic mass is 15.3. The lowest BCUT2D eigenvalue weighted by atomic mass is 10.0. The molecule has 0 bridgehead atoms. The zero-order chi connectivity index (χ0) is 13.4. The van der Waals surface area contributed by atoms with Crippen molar-refractivity contribution >= 4 is 0 Å². The van der Waals surface area contributed by atoms with Crippen LogP contribution in [0.3, 0.4) is 0 Å². The van der Waals surface area contributed by atoms with Gasteiger partial charge in [-0.25, -0.2) is 0 Å². The fraction of sp³-hybridized carbons (Fsp3) is 0.800. The van der Waals surface area contributed by atoms with Crippen LogP contribution in [0.5, 0.6) is 0 Å². The van der Waals surface area contributed by atoms with Crippen molar-refractivity contribution in [3.05, 3.63) is 17.0 Å². The monoisotopic (exact) mass is 262 g/mol. The van der Waals surface area contributed by atoms with E-state index in [4.69, 9.17) is 0 Å². The van der Waals surface area contributed by atoms with Gasteiger partial charge in [0.25, 0.3) is 0 Å². The lowest BCUT2D eigenvalue weighted by Gasteiger charge is -2.29. The van der Waals surface area contributed by atoms with Crippen molar-refractivity contribution in [1.82, 2.24) is 20.0 Å². The highest BCUT2D eigenvalue weighted by molar-refractivity contribution is 5.24. The molecule has 2 saturated heterocycles. The lowest BCUT2D eigenvalue weighted by Crippen LogP contribution is -2.43. The third kappa shape index (κ3) is 2.43. The first-order chi connectivity index (χ1) is 9.16. The van der Waals surface area contributed by atoms with Crippen LogP contribution in [0.1, 0.15) is 42.6 Å². The number of rotatable bonds is 3. The summed E-state index contributed by atoms with van der Waals surface area (Å²) in [6, 6.07) is 1.46. The molecule has 0 radical (unpaired) electrons. The number of hydrogen-bond donors (Lipinski definition) is 1. The predicted octanol–water partition coefficient (Wildman–Crippen LogP) is 1.75. The van der Waals surface area contributed by atoms with Gasteiger partial charge in [0.15, 0.2) is 0 Å². The topological polar surface area (TPSA) is 33.1 Å². The summed E-state index contributed by atoms with van der Waals surface area (Å²) < 4.78 is 2.02. The zero-order valence-electron chi connectivity index (χ0n) is 12.4. The van der Waals surface area contributed by atoms with E-state index >= 15 is 0 Å². The minimum atomic E-state index is 0.722. The van der Waals surface area contributed by atoms with Crippen molar-refractivity contribution in [1.29, 1.82) is 0 Å². The summed E-state index contributed by atoms with van der Waals surface area (Å²) in [7, 11) is 2.05. The summed E-state index contributed by atoms with van der Waals surface area (Å²) in [5.41, 5.74) is 3.96. The number of nitrogens with zero attached hydrogens (tertiary/aromatic N) is 3. The molecular formula is C15H26N4. The maximum Gasteiger partial charge on any atom is 0.0641 e. The molecule has 2 aliphatic heterocycles. The standard InChI is InChI=1S/C15H26N4/c1-11-13(12(2)18(3)17-11)10-19-9-5-7-15(19)14-6-4-8-16-14/h14-16H,4-10H2,1-3H3. The maximum atomic E-state index is 4.55. The second-order valence-electron chi connectivity index (χ2n) is 6.16. The van der Waals surface area contributed by atoms with Gasteiger partial charge in [-0.3, -0.25) is 9.58 Å². The van der Waals surface area contributed by atoms with E-state index in [2.05, 4.69) is 29.2 Å². The van der Waals surface area contributed by atoms with Gasteiger partial charge in [-0.15, -0.1) is 0 Å². The van der Waals surface area contributed by atoms with E-state index in [1.807, 2.05) is 11.7 Å². The Morgan fingerprint density at radius 2 is 2.11 bits per heavy atom. The molecule has 0 amide bonds. The SMILES string of the molecule is Cc1nn(C)c(C)c1CN1CCCC1C1CCCN1. The van der Waals surface area contributed by atoms with Crippen LogP contribution in [-0.2, 0) is 13.6 Å². The molecule has 2 fully saturated rings. The normalized spacial score (nSPS) is 28.4. The van der Waals surface area contributed by atoms with Gasteiger partial charge in [0, 0.05) is 36.9 Å². The molecule has 2 unspecified atom stereocenters. The molecule has 0 aromatic carbocycles. The maximum absolute atomic E-state index is 4.55. The van der Waals surface area contributed by atoms with E-state index in [-0.39, 0.29) is 0 Å². The van der Waals surface area contributed by atoms with Gasteiger partial charge in [-0.2, -0.15) is 5.10 Å². The molecule has 2 atom stereocenters. The second-order valence-corrected chi connectivity index (χ2v) is 6.16. The van der Waals surface area contributed by atoms with Crippen LogP contribution in [0.2, 0.25) is 0 Å². The van der Waals surface area contributed by atoms with Gasteiger partial charge in [-0.1, -0.05) is 0 Å². The number of hydrogen-bond acceptors (Lipinski definition) is 3. The Kier molecular flexibility index (Phi) is 3.63. The van der Waals surface area contributed by atoms with E-state index in [0.29, 0.717) is 0 Å². The fourth-order valence-electron chi connectivity index (χ4n) is 3.79. The Morgan fingerprint density at radius 3 is 2.74 bits per heavy atom. The minimum Gasteiger partial charge on any atom is -0.312 e. The lowest BCUT2D eigenvalue weighted by molar-refractivity contribution is 0.206. The van der Waals surface area contributed by atoms with E-state index in [1.165, 1.54) is 55.7 Å². The Balaban J connectivity index is 1.74. The number of likely N-dealkylation sites (tertiary alicyclic amines) is 1. The summed E-state index contributed by atoms with van der Waals surface area (Å²) in [5.74, 6) is 0. The molecule has 106 valence electrons. The van der Waals surface area contributed by atoms with E-state index in [9.17, 15) is 0 Å². The van der Waals surface area contributed by atoms with Gasteiger partial charge in [0.2, 0.25) is 0 Å². The second kappa shape index (κ2) is 5.25. The van der Waals surface area contributed by atoms with Crippen LogP contribution < -0.4 is 5.32 Å². The Bertz CT molecular complexity index is 445. The molecule has 19 heavy (non-hydrogen) atoms. The minimum absolute atomic E-state index is 0.722. The molecule has 0 spiro atoms. The van der Waals surface area contributed by atoms with Crippen LogP contribution in [0.4, 0.5) is 0 Å². The third-order valence-electron chi connectivity index (χ3n) is 5.00. The van der Waals surface area contributed by atoms with Crippen molar-refractivity contribution in [2.45, 2.75) is 58.2 Å². The first-order valence-corrected chi connectivity index (χ1v) is 7.63. The van der Waals surface area contributed by atoms with Gasteiger partial charge in [-0.05, 0) is 52.6 Å². The third-order valence-corrected chi connectivity index (χ3v) is 5.00. The molecule has 0 saturated carbocycles. The summed E-state index contributed by atoms with van der Waals surface area (Å²) >= 11 is 0. The van der Waals surface area contributed by atoms with Gasteiger partial charge in [0.05, 0.1) is 5.69 Å². The van der Waals surface area contributed by atoms with Crippen LogP contribution in [0.15, 0.2) is 0 Å². The molecule has 3 heterocycles. The van der Waals surface area contributed by atoms with Crippen LogP contribution >= 0.6 is 0 Å². The molecule has 4 heteroatoms. The number of nitrogens with one attached hydrogen (secondary N) is 1. The van der Waals surface area contributed by atoms with Gasteiger partial charge >= 0.3 is 0 Å².